The molecule has 1 aliphatic heterocycles. The predicted octanol–water partition coefficient (Wildman–Crippen LogP) is 3.93. The van der Waals surface area contributed by atoms with Gasteiger partial charge in [0.25, 0.3) is 0 Å². The van der Waals surface area contributed by atoms with Crippen LogP contribution in [-0.4, -0.2) is 23.6 Å². The number of thioether (sulfide) groups is 1. The van der Waals surface area contributed by atoms with Gasteiger partial charge in [-0.05, 0) is 43.7 Å². The quantitative estimate of drug-likeness (QED) is 0.839. The summed E-state index contributed by atoms with van der Waals surface area (Å²) < 4.78 is 0. The third kappa shape index (κ3) is 3.97. The Balaban J connectivity index is 1.65. The lowest BCUT2D eigenvalue weighted by Gasteiger charge is -2.17. The van der Waals surface area contributed by atoms with Crippen LogP contribution in [0.4, 0.5) is 11.4 Å². The molecule has 0 saturated carbocycles. The van der Waals surface area contributed by atoms with E-state index < -0.39 is 0 Å². The second kappa shape index (κ2) is 7.53. The molecule has 1 N–H and O–H groups in total. The summed E-state index contributed by atoms with van der Waals surface area (Å²) >= 11 is 1.52. The lowest BCUT2D eigenvalue weighted by Crippen LogP contribution is -2.25. The molecule has 5 heteroatoms. The van der Waals surface area contributed by atoms with Gasteiger partial charge in [0, 0.05) is 29.2 Å². The predicted molar refractivity (Wildman–Crippen MR) is 98.4 cm³/mol. The van der Waals surface area contributed by atoms with Crippen molar-refractivity contribution in [2.75, 3.05) is 16.8 Å². The topological polar surface area (TPSA) is 49.4 Å². The van der Waals surface area contributed by atoms with E-state index in [2.05, 4.69) is 5.32 Å². The Hall–Kier alpha value is -2.27. The molecule has 4 nitrogen and oxygen atoms in total. The summed E-state index contributed by atoms with van der Waals surface area (Å²) in [5, 5.41) is 2.74. The Bertz CT molecular complexity index is 733. The molecule has 0 aromatic heterocycles. The zero-order valence-corrected chi connectivity index (χ0v) is 14.4. The number of nitrogens with zero attached hydrogens (tertiary/aromatic N) is 1. The number of anilines is 2. The van der Waals surface area contributed by atoms with Gasteiger partial charge in [-0.15, -0.1) is 11.8 Å². The van der Waals surface area contributed by atoms with Crippen LogP contribution in [0.1, 0.15) is 19.8 Å². The van der Waals surface area contributed by atoms with Gasteiger partial charge in [-0.25, -0.2) is 0 Å². The van der Waals surface area contributed by atoms with E-state index in [1.807, 2.05) is 61.5 Å². The summed E-state index contributed by atoms with van der Waals surface area (Å²) in [6.45, 7) is 2.64. The fraction of sp³-hybridized carbons (Fsp3) is 0.263. The molecule has 1 unspecified atom stereocenters. The van der Waals surface area contributed by atoms with Crippen molar-refractivity contribution in [2.24, 2.45) is 0 Å². The van der Waals surface area contributed by atoms with Crippen molar-refractivity contribution in [3.05, 3.63) is 54.6 Å². The third-order valence-corrected chi connectivity index (χ3v) is 5.04. The normalized spacial score (nSPS) is 15.4. The average molecular weight is 340 g/mol. The van der Waals surface area contributed by atoms with E-state index in [-0.39, 0.29) is 17.1 Å². The van der Waals surface area contributed by atoms with Gasteiger partial charge >= 0.3 is 0 Å². The minimum absolute atomic E-state index is 0.0475. The van der Waals surface area contributed by atoms with Gasteiger partial charge in [-0.2, -0.15) is 0 Å². The first-order chi connectivity index (χ1) is 11.6. The Morgan fingerprint density at radius 1 is 1.17 bits per heavy atom. The zero-order valence-electron chi connectivity index (χ0n) is 13.6. The van der Waals surface area contributed by atoms with Crippen molar-refractivity contribution in [1.82, 2.24) is 0 Å². The van der Waals surface area contributed by atoms with Gasteiger partial charge in [0.1, 0.15) is 0 Å². The van der Waals surface area contributed by atoms with Crippen LogP contribution >= 0.6 is 11.8 Å². The van der Waals surface area contributed by atoms with Crippen LogP contribution in [0.15, 0.2) is 59.5 Å². The number of carbonyl (C=O) groups is 2. The number of hydrogen-bond donors (Lipinski definition) is 1. The van der Waals surface area contributed by atoms with E-state index >= 15 is 0 Å². The number of carbonyl (C=O) groups excluding carboxylic acids is 2. The van der Waals surface area contributed by atoms with Gasteiger partial charge < -0.3 is 10.2 Å². The van der Waals surface area contributed by atoms with Crippen molar-refractivity contribution in [3.63, 3.8) is 0 Å². The highest BCUT2D eigenvalue weighted by Crippen LogP contribution is 2.26. The van der Waals surface area contributed by atoms with Crippen molar-refractivity contribution in [3.8, 4) is 0 Å². The molecule has 1 heterocycles. The van der Waals surface area contributed by atoms with E-state index in [1.165, 1.54) is 11.8 Å². The molecule has 2 aromatic rings. The van der Waals surface area contributed by atoms with E-state index in [4.69, 9.17) is 0 Å². The van der Waals surface area contributed by atoms with E-state index in [0.717, 1.165) is 29.2 Å². The van der Waals surface area contributed by atoms with E-state index in [1.54, 1.807) is 4.90 Å². The Morgan fingerprint density at radius 3 is 2.67 bits per heavy atom. The van der Waals surface area contributed by atoms with Gasteiger partial charge in [-0.1, -0.05) is 24.3 Å². The summed E-state index contributed by atoms with van der Waals surface area (Å²) in [6, 6.07) is 17.4. The minimum Gasteiger partial charge on any atom is -0.325 e. The standard InChI is InChI=1S/C19H20N2O2S/c1-14(24-17-9-3-2-4-10-17)19(23)20-15-7-5-8-16(13-15)21-12-6-11-18(21)22/h2-5,7-10,13-14H,6,11-12H2,1H3,(H,20,23). The van der Waals surface area contributed by atoms with E-state index in [9.17, 15) is 9.59 Å². The maximum absolute atomic E-state index is 12.4. The fourth-order valence-electron chi connectivity index (χ4n) is 2.67. The van der Waals surface area contributed by atoms with Gasteiger partial charge in [0.2, 0.25) is 11.8 Å². The van der Waals surface area contributed by atoms with Crippen molar-refractivity contribution in [1.29, 1.82) is 0 Å². The van der Waals surface area contributed by atoms with Gasteiger partial charge in [0.15, 0.2) is 0 Å². The molecule has 24 heavy (non-hydrogen) atoms. The molecule has 1 atom stereocenters. The molecule has 124 valence electrons. The van der Waals surface area contributed by atoms with Crippen molar-refractivity contribution >= 4 is 35.0 Å². The highest BCUT2D eigenvalue weighted by molar-refractivity contribution is 8.00. The maximum atomic E-state index is 12.4. The molecule has 0 radical (unpaired) electrons. The number of amides is 2. The molecule has 0 bridgehead atoms. The summed E-state index contributed by atoms with van der Waals surface area (Å²) in [6.07, 6.45) is 1.49. The highest BCUT2D eigenvalue weighted by Gasteiger charge is 2.22. The third-order valence-electron chi connectivity index (χ3n) is 3.92. The Morgan fingerprint density at radius 2 is 1.96 bits per heavy atom. The number of rotatable bonds is 5. The van der Waals surface area contributed by atoms with Gasteiger partial charge in [-0.3, -0.25) is 9.59 Å². The Labute approximate surface area is 146 Å². The summed E-state index contributed by atoms with van der Waals surface area (Å²) in [7, 11) is 0. The van der Waals surface area contributed by atoms with E-state index in [0.29, 0.717) is 6.42 Å². The molecule has 1 saturated heterocycles. The second-order valence-electron chi connectivity index (χ2n) is 5.76. The first-order valence-corrected chi connectivity index (χ1v) is 8.94. The first kappa shape index (κ1) is 16.6. The van der Waals surface area contributed by atoms with Crippen LogP contribution in [0.3, 0.4) is 0 Å². The molecule has 3 rings (SSSR count). The van der Waals surface area contributed by atoms with Crippen LogP contribution in [0.25, 0.3) is 0 Å². The minimum atomic E-state index is -0.204. The summed E-state index contributed by atoms with van der Waals surface area (Å²) in [5.74, 6) is 0.0974. The highest BCUT2D eigenvalue weighted by atomic mass is 32.2. The second-order valence-corrected chi connectivity index (χ2v) is 7.18. The zero-order chi connectivity index (χ0) is 16.9. The SMILES string of the molecule is CC(Sc1ccccc1)C(=O)Nc1cccc(N2CCCC2=O)c1. The molecule has 1 aliphatic rings. The molecule has 2 aromatic carbocycles. The lowest BCUT2D eigenvalue weighted by molar-refractivity contribution is -0.117. The first-order valence-electron chi connectivity index (χ1n) is 8.06. The van der Waals surface area contributed by atoms with Crippen molar-refractivity contribution in [2.45, 2.75) is 29.9 Å². The van der Waals surface area contributed by atoms with Crippen molar-refractivity contribution < 1.29 is 9.59 Å². The number of nitrogens with one attached hydrogen (secondary N) is 1. The smallest absolute Gasteiger partial charge is 0.237 e. The van der Waals surface area contributed by atoms with Crippen LogP contribution in [-0.2, 0) is 9.59 Å². The molecule has 0 aliphatic carbocycles. The fourth-order valence-corrected chi connectivity index (χ4v) is 3.56. The number of hydrogen-bond acceptors (Lipinski definition) is 3. The maximum Gasteiger partial charge on any atom is 0.237 e. The Kier molecular flexibility index (Phi) is 5.20. The van der Waals surface area contributed by atoms with Gasteiger partial charge in [0.05, 0.1) is 5.25 Å². The molecule has 1 fully saturated rings. The molecule has 0 spiro atoms. The number of benzene rings is 2. The lowest BCUT2D eigenvalue weighted by atomic mass is 10.2. The van der Waals surface area contributed by atoms with Crippen LogP contribution in [0.2, 0.25) is 0 Å². The van der Waals surface area contributed by atoms with Crippen LogP contribution in [0.5, 0.6) is 0 Å². The molecular weight excluding hydrogens is 320 g/mol. The molecular formula is C19H20N2O2S. The monoisotopic (exact) mass is 340 g/mol. The molecule has 2 amide bonds. The largest absolute Gasteiger partial charge is 0.325 e. The van der Waals surface area contributed by atoms with Crippen LogP contribution in [0, 0.1) is 0 Å². The average Bonchev–Trinajstić information content (AvgIpc) is 3.02. The summed E-state index contributed by atoms with van der Waals surface area (Å²) in [5.41, 5.74) is 1.57. The van der Waals surface area contributed by atoms with Crippen LogP contribution < -0.4 is 10.2 Å². The summed E-state index contributed by atoms with van der Waals surface area (Å²) in [4.78, 5) is 27.1.